The first-order chi connectivity index (χ1) is 11.0. The van der Waals surface area contributed by atoms with Crippen molar-refractivity contribution in [2.75, 3.05) is 0 Å². The summed E-state index contributed by atoms with van der Waals surface area (Å²) in [4.78, 5) is 25.2. The van der Waals surface area contributed by atoms with Crippen molar-refractivity contribution in [3.63, 3.8) is 0 Å². The summed E-state index contributed by atoms with van der Waals surface area (Å²) in [6.45, 7) is 5.89. The molecule has 1 aromatic carbocycles. The largest absolute Gasteiger partial charge is 0.335 e. The molecule has 3 amide bonds. The SMILES string of the molecule is Cc1ccc(C)c(SC(C)C(=O)NC(=O)NC2CCCCC2)c1. The first-order valence-corrected chi connectivity index (χ1v) is 9.19. The number of aryl methyl sites for hydroxylation is 2. The molecule has 1 saturated carbocycles. The van der Waals surface area contributed by atoms with Crippen LogP contribution in [0.25, 0.3) is 0 Å². The summed E-state index contributed by atoms with van der Waals surface area (Å²) < 4.78 is 0. The molecule has 126 valence electrons. The minimum atomic E-state index is -0.365. The highest BCUT2D eigenvalue weighted by atomic mass is 32.2. The van der Waals surface area contributed by atoms with Gasteiger partial charge in [-0.05, 0) is 45.2 Å². The Morgan fingerprint density at radius 2 is 1.87 bits per heavy atom. The van der Waals surface area contributed by atoms with Crippen LogP contribution in [0.2, 0.25) is 0 Å². The lowest BCUT2D eigenvalue weighted by Crippen LogP contribution is -2.47. The number of imide groups is 1. The number of hydrogen-bond acceptors (Lipinski definition) is 3. The molecule has 0 heterocycles. The van der Waals surface area contributed by atoms with Crippen LogP contribution in [0.15, 0.2) is 23.1 Å². The lowest BCUT2D eigenvalue weighted by molar-refractivity contribution is -0.119. The molecule has 0 spiro atoms. The normalized spacial score (nSPS) is 16.7. The molecule has 0 aromatic heterocycles. The van der Waals surface area contributed by atoms with Crippen LogP contribution in [0.1, 0.15) is 50.2 Å². The van der Waals surface area contributed by atoms with Gasteiger partial charge in [0.15, 0.2) is 0 Å². The molecule has 5 heteroatoms. The second kappa shape index (κ2) is 8.39. The number of urea groups is 1. The lowest BCUT2D eigenvalue weighted by atomic mass is 9.96. The molecule has 1 atom stereocenters. The molecule has 4 nitrogen and oxygen atoms in total. The van der Waals surface area contributed by atoms with Gasteiger partial charge in [0, 0.05) is 10.9 Å². The predicted molar refractivity (Wildman–Crippen MR) is 94.8 cm³/mol. The van der Waals surface area contributed by atoms with Crippen LogP contribution in [0.5, 0.6) is 0 Å². The summed E-state index contributed by atoms with van der Waals surface area (Å²) in [5, 5.41) is 5.07. The third kappa shape index (κ3) is 5.57. The Hall–Kier alpha value is -1.49. The van der Waals surface area contributed by atoms with Crippen LogP contribution in [0, 0.1) is 13.8 Å². The molecule has 2 N–H and O–H groups in total. The van der Waals surface area contributed by atoms with Crippen LogP contribution < -0.4 is 10.6 Å². The summed E-state index contributed by atoms with van der Waals surface area (Å²) in [5.74, 6) is -0.246. The highest BCUT2D eigenvalue weighted by Crippen LogP contribution is 2.27. The third-order valence-corrected chi connectivity index (χ3v) is 5.46. The predicted octanol–water partition coefficient (Wildman–Crippen LogP) is 3.94. The van der Waals surface area contributed by atoms with Gasteiger partial charge in [-0.15, -0.1) is 11.8 Å². The topological polar surface area (TPSA) is 58.2 Å². The van der Waals surface area contributed by atoms with E-state index in [4.69, 9.17) is 0 Å². The number of hydrogen-bond donors (Lipinski definition) is 2. The van der Waals surface area contributed by atoms with Gasteiger partial charge in [0.1, 0.15) is 0 Å². The average Bonchev–Trinajstić information content (AvgIpc) is 2.51. The number of carbonyl (C=O) groups is 2. The number of nitrogens with one attached hydrogen (secondary N) is 2. The van der Waals surface area contributed by atoms with E-state index in [0.717, 1.165) is 36.1 Å². The van der Waals surface area contributed by atoms with Crippen molar-refractivity contribution in [2.24, 2.45) is 0 Å². The van der Waals surface area contributed by atoms with Gasteiger partial charge in [-0.3, -0.25) is 10.1 Å². The minimum Gasteiger partial charge on any atom is -0.335 e. The fraction of sp³-hybridized carbons (Fsp3) is 0.556. The fourth-order valence-electron chi connectivity index (χ4n) is 2.76. The smallest absolute Gasteiger partial charge is 0.321 e. The van der Waals surface area contributed by atoms with Crippen molar-refractivity contribution >= 4 is 23.7 Å². The van der Waals surface area contributed by atoms with Gasteiger partial charge < -0.3 is 5.32 Å². The van der Waals surface area contributed by atoms with Crippen LogP contribution in [0.3, 0.4) is 0 Å². The van der Waals surface area contributed by atoms with Gasteiger partial charge in [0.25, 0.3) is 0 Å². The summed E-state index contributed by atoms with van der Waals surface area (Å²) in [6, 6.07) is 6.03. The molecule has 0 aliphatic heterocycles. The summed E-state index contributed by atoms with van der Waals surface area (Å²) in [7, 11) is 0. The summed E-state index contributed by atoms with van der Waals surface area (Å²) in [6.07, 6.45) is 5.56. The average molecular weight is 334 g/mol. The summed E-state index contributed by atoms with van der Waals surface area (Å²) >= 11 is 1.49. The Labute approximate surface area is 142 Å². The first-order valence-electron chi connectivity index (χ1n) is 8.31. The van der Waals surface area contributed by atoms with E-state index in [2.05, 4.69) is 28.8 Å². The van der Waals surface area contributed by atoms with Crippen LogP contribution in [-0.2, 0) is 4.79 Å². The number of benzene rings is 1. The second-order valence-corrected chi connectivity index (χ2v) is 7.71. The van der Waals surface area contributed by atoms with Crippen LogP contribution in [0.4, 0.5) is 4.79 Å². The van der Waals surface area contributed by atoms with Crippen molar-refractivity contribution < 1.29 is 9.59 Å². The van der Waals surface area contributed by atoms with Crippen molar-refractivity contribution in [3.8, 4) is 0 Å². The number of amides is 3. The van der Waals surface area contributed by atoms with Crippen molar-refractivity contribution in [1.29, 1.82) is 0 Å². The van der Waals surface area contributed by atoms with Gasteiger partial charge in [-0.1, -0.05) is 37.0 Å². The molecule has 1 aliphatic carbocycles. The molecule has 0 saturated heterocycles. The van der Waals surface area contributed by atoms with Crippen molar-refractivity contribution in [3.05, 3.63) is 29.3 Å². The maximum atomic E-state index is 12.2. The van der Waals surface area contributed by atoms with E-state index in [9.17, 15) is 9.59 Å². The third-order valence-electron chi connectivity index (χ3n) is 4.19. The Kier molecular flexibility index (Phi) is 6.51. The molecule has 1 aliphatic rings. The van der Waals surface area contributed by atoms with E-state index in [1.165, 1.54) is 23.7 Å². The molecule has 0 bridgehead atoms. The Morgan fingerprint density at radius 1 is 1.17 bits per heavy atom. The molecule has 2 rings (SSSR count). The van der Waals surface area contributed by atoms with Crippen molar-refractivity contribution in [1.82, 2.24) is 10.6 Å². The van der Waals surface area contributed by atoms with Crippen LogP contribution >= 0.6 is 11.8 Å². The van der Waals surface area contributed by atoms with Gasteiger partial charge in [-0.2, -0.15) is 0 Å². The van der Waals surface area contributed by atoms with Gasteiger partial charge >= 0.3 is 6.03 Å². The highest BCUT2D eigenvalue weighted by Gasteiger charge is 2.20. The highest BCUT2D eigenvalue weighted by molar-refractivity contribution is 8.00. The zero-order valence-corrected chi connectivity index (χ0v) is 15.0. The van der Waals surface area contributed by atoms with E-state index in [-0.39, 0.29) is 23.2 Å². The molecular weight excluding hydrogens is 308 g/mol. The van der Waals surface area contributed by atoms with E-state index in [1.54, 1.807) is 0 Å². The van der Waals surface area contributed by atoms with E-state index < -0.39 is 0 Å². The molecular formula is C18H26N2O2S. The van der Waals surface area contributed by atoms with Crippen LogP contribution in [-0.4, -0.2) is 23.2 Å². The Morgan fingerprint density at radius 3 is 2.57 bits per heavy atom. The van der Waals surface area contributed by atoms with Gasteiger partial charge in [0.05, 0.1) is 5.25 Å². The standard InChI is InChI=1S/C18H26N2O2S/c1-12-9-10-13(2)16(11-12)23-14(3)17(21)20-18(22)19-15-7-5-4-6-8-15/h9-11,14-15H,4-8H2,1-3H3,(H2,19,20,21,22). The zero-order chi connectivity index (χ0) is 16.8. The quantitative estimate of drug-likeness (QED) is 0.820. The monoisotopic (exact) mass is 334 g/mol. The second-order valence-electron chi connectivity index (χ2n) is 6.33. The lowest BCUT2D eigenvalue weighted by Gasteiger charge is -2.23. The number of rotatable bonds is 4. The van der Waals surface area contributed by atoms with Crippen molar-refractivity contribution in [2.45, 2.75) is 69.1 Å². The number of thioether (sulfide) groups is 1. The molecule has 1 unspecified atom stereocenters. The fourth-order valence-corrected chi connectivity index (χ4v) is 3.81. The van der Waals surface area contributed by atoms with E-state index in [0.29, 0.717) is 0 Å². The van der Waals surface area contributed by atoms with Gasteiger partial charge in [-0.25, -0.2) is 4.79 Å². The summed E-state index contributed by atoms with van der Waals surface area (Å²) in [5.41, 5.74) is 2.31. The molecule has 1 aromatic rings. The van der Waals surface area contributed by atoms with E-state index >= 15 is 0 Å². The molecule has 23 heavy (non-hydrogen) atoms. The van der Waals surface area contributed by atoms with E-state index in [1.807, 2.05) is 20.8 Å². The maximum absolute atomic E-state index is 12.2. The Balaban J connectivity index is 1.84. The Bertz CT molecular complexity index is 568. The molecule has 0 radical (unpaired) electrons. The van der Waals surface area contributed by atoms with Gasteiger partial charge in [0.2, 0.25) is 5.91 Å². The molecule has 1 fully saturated rings. The maximum Gasteiger partial charge on any atom is 0.321 e. The first kappa shape index (κ1) is 17.9. The minimum absolute atomic E-state index is 0.207. The zero-order valence-electron chi connectivity index (χ0n) is 14.1. The number of carbonyl (C=O) groups excluding carboxylic acids is 2.